The van der Waals surface area contributed by atoms with Crippen LogP contribution in [-0.4, -0.2) is 33.2 Å². The highest BCUT2D eigenvalue weighted by molar-refractivity contribution is 7.99. The van der Waals surface area contributed by atoms with E-state index in [2.05, 4.69) is 35.5 Å². The Morgan fingerprint density at radius 1 is 1.24 bits per heavy atom. The largest absolute Gasteiger partial charge is 0.467 e. The summed E-state index contributed by atoms with van der Waals surface area (Å²) in [7, 11) is 0. The summed E-state index contributed by atoms with van der Waals surface area (Å²) in [5.74, 6) is 0.325. The van der Waals surface area contributed by atoms with Gasteiger partial charge in [-0.1, -0.05) is 23.9 Å². The monoisotopic (exact) mass is 412 g/mol. The van der Waals surface area contributed by atoms with E-state index in [9.17, 15) is 9.59 Å². The molecule has 2 N–H and O–H groups in total. The number of nitrogens with zero attached hydrogens (tertiary/aromatic N) is 2. The number of aryl methyl sites for hydroxylation is 1. The average Bonchev–Trinajstić information content (AvgIpc) is 3.38. The van der Waals surface area contributed by atoms with Crippen molar-refractivity contribution in [2.24, 2.45) is 0 Å². The first-order valence-corrected chi connectivity index (χ1v) is 10.3. The lowest BCUT2D eigenvalue weighted by molar-refractivity contribution is -0.127. The fraction of sp³-hybridized carbons (Fsp3) is 0.286. The summed E-state index contributed by atoms with van der Waals surface area (Å²) in [5, 5.41) is 6.17. The maximum Gasteiger partial charge on any atom is 0.242 e. The van der Waals surface area contributed by atoms with E-state index in [0.29, 0.717) is 5.76 Å². The molecule has 0 saturated heterocycles. The number of benzene rings is 1. The molecule has 0 spiro atoms. The molecule has 7 nitrogen and oxygen atoms in total. The van der Waals surface area contributed by atoms with Gasteiger partial charge in [-0.3, -0.25) is 14.2 Å². The Hall–Kier alpha value is -3.00. The van der Waals surface area contributed by atoms with Crippen molar-refractivity contribution in [2.75, 3.05) is 5.75 Å². The minimum atomic E-state index is -0.642. The summed E-state index contributed by atoms with van der Waals surface area (Å²) < 4.78 is 7.15. The number of rotatable bonds is 8. The molecule has 0 radical (unpaired) electrons. The number of nitrogens with one attached hydrogen (secondary N) is 2. The van der Waals surface area contributed by atoms with Crippen LogP contribution in [0, 0.1) is 13.8 Å². The van der Waals surface area contributed by atoms with Crippen LogP contribution in [0.2, 0.25) is 0 Å². The van der Waals surface area contributed by atoms with Crippen molar-refractivity contribution in [3.63, 3.8) is 0 Å². The molecule has 1 atom stereocenters. The number of imidazole rings is 1. The Balaban J connectivity index is 1.53. The zero-order valence-corrected chi connectivity index (χ0v) is 17.5. The molecule has 0 saturated carbocycles. The van der Waals surface area contributed by atoms with Gasteiger partial charge in [-0.25, -0.2) is 4.98 Å². The van der Waals surface area contributed by atoms with Gasteiger partial charge in [-0.15, -0.1) is 0 Å². The van der Waals surface area contributed by atoms with Crippen LogP contribution in [0.3, 0.4) is 0 Å². The molecule has 2 heterocycles. The highest BCUT2D eigenvalue weighted by Gasteiger charge is 2.17. The second kappa shape index (κ2) is 9.47. The molecule has 8 heteroatoms. The number of thioether (sulfide) groups is 1. The van der Waals surface area contributed by atoms with Gasteiger partial charge in [0.25, 0.3) is 0 Å². The smallest absolute Gasteiger partial charge is 0.242 e. The van der Waals surface area contributed by atoms with Crippen molar-refractivity contribution in [3.8, 4) is 5.69 Å². The van der Waals surface area contributed by atoms with Gasteiger partial charge in [0.15, 0.2) is 5.16 Å². The first kappa shape index (κ1) is 20.7. The summed E-state index contributed by atoms with van der Waals surface area (Å²) in [6, 6.07) is 8.98. The average molecular weight is 413 g/mol. The second-order valence-corrected chi connectivity index (χ2v) is 7.62. The van der Waals surface area contributed by atoms with Crippen molar-refractivity contribution in [1.82, 2.24) is 20.2 Å². The van der Waals surface area contributed by atoms with Crippen molar-refractivity contribution < 1.29 is 14.0 Å². The van der Waals surface area contributed by atoms with Crippen LogP contribution in [-0.2, 0) is 16.1 Å². The molecule has 0 aliphatic carbocycles. The third-order valence-corrected chi connectivity index (χ3v) is 5.53. The highest BCUT2D eigenvalue weighted by atomic mass is 32.2. The number of furan rings is 1. The second-order valence-electron chi connectivity index (χ2n) is 6.67. The third kappa shape index (κ3) is 5.29. The first-order chi connectivity index (χ1) is 14.0. The molecule has 0 aliphatic heterocycles. The number of hydrogen-bond donors (Lipinski definition) is 2. The van der Waals surface area contributed by atoms with Gasteiger partial charge in [0.05, 0.1) is 24.2 Å². The van der Waals surface area contributed by atoms with E-state index < -0.39 is 6.04 Å². The summed E-state index contributed by atoms with van der Waals surface area (Å²) in [5.41, 5.74) is 3.40. The van der Waals surface area contributed by atoms with Gasteiger partial charge in [0.2, 0.25) is 11.8 Å². The van der Waals surface area contributed by atoms with Crippen LogP contribution in [0.25, 0.3) is 5.69 Å². The SMILES string of the molecule is Cc1cccc(-n2ccnc2SCC(=O)NC(C)C(=O)NCc2ccco2)c1C. The molecule has 3 aromatic rings. The van der Waals surface area contributed by atoms with Gasteiger partial charge in [0.1, 0.15) is 11.8 Å². The van der Waals surface area contributed by atoms with E-state index in [0.717, 1.165) is 10.8 Å². The minimum Gasteiger partial charge on any atom is -0.467 e. The first-order valence-electron chi connectivity index (χ1n) is 9.28. The number of carbonyl (C=O) groups is 2. The van der Waals surface area contributed by atoms with Crippen molar-refractivity contribution >= 4 is 23.6 Å². The topological polar surface area (TPSA) is 89.2 Å². The zero-order chi connectivity index (χ0) is 20.8. The zero-order valence-electron chi connectivity index (χ0n) is 16.6. The molecule has 2 aromatic heterocycles. The Morgan fingerprint density at radius 3 is 2.83 bits per heavy atom. The minimum absolute atomic E-state index is 0.164. The van der Waals surface area contributed by atoms with Crippen LogP contribution in [0.15, 0.2) is 58.6 Å². The van der Waals surface area contributed by atoms with E-state index >= 15 is 0 Å². The standard InChI is InChI=1S/C21H24N4O3S/c1-14-6-4-8-18(15(14)2)25-10-9-22-21(25)29-13-19(26)24-16(3)20(27)23-12-17-7-5-11-28-17/h4-11,16H,12-13H2,1-3H3,(H,23,27)(H,24,26). The van der Waals surface area contributed by atoms with Gasteiger partial charge in [-0.05, 0) is 50.1 Å². The van der Waals surface area contributed by atoms with Crippen LogP contribution in [0.4, 0.5) is 0 Å². The van der Waals surface area contributed by atoms with Crippen LogP contribution in [0.1, 0.15) is 23.8 Å². The summed E-state index contributed by atoms with van der Waals surface area (Å²) >= 11 is 1.33. The lowest BCUT2D eigenvalue weighted by atomic mass is 10.1. The van der Waals surface area contributed by atoms with Crippen LogP contribution >= 0.6 is 11.8 Å². The van der Waals surface area contributed by atoms with Gasteiger partial charge in [-0.2, -0.15) is 0 Å². The van der Waals surface area contributed by atoms with Gasteiger partial charge >= 0.3 is 0 Å². The molecule has 0 bridgehead atoms. The Morgan fingerprint density at radius 2 is 2.07 bits per heavy atom. The lowest BCUT2D eigenvalue weighted by Crippen LogP contribution is -2.45. The van der Waals surface area contributed by atoms with Crippen molar-refractivity contribution in [1.29, 1.82) is 0 Å². The third-order valence-electron chi connectivity index (χ3n) is 4.56. The summed E-state index contributed by atoms with van der Waals surface area (Å²) in [4.78, 5) is 28.8. The molecule has 29 heavy (non-hydrogen) atoms. The predicted molar refractivity (Wildman–Crippen MR) is 112 cm³/mol. The van der Waals surface area contributed by atoms with E-state index in [1.807, 2.05) is 22.9 Å². The summed E-state index contributed by atoms with van der Waals surface area (Å²) in [6.45, 7) is 6.06. The van der Waals surface area contributed by atoms with Crippen LogP contribution in [0.5, 0.6) is 0 Å². The Bertz CT molecular complexity index is 982. The fourth-order valence-electron chi connectivity index (χ4n) is 2.80. The van der Waals surface area contributed by atoms with Crippen molar-refractivity contribution in [3.05, 3.63) is 65.9 Å². The molecule has 2 amide bonds. The van der Waals surface area contributed by atoms with Gasteiger partial charge < -0.3 is 15.1 Å². The molecule has 1 aromatic carbocycles. The van der Waals surface area contributed by atoms with E-state index in [1.54, 1.807) is 31.5 Å². The normalized spacial score (nSPS) is 11.8. The number of carbonyl (C=O) groups excluding carboxylic acids is 2. The van der Waals surface area contributed by atoms with E-state index in [4.69, 9.17) is 4.42 Å². The molecule has 3 rings (SSSR count). The molecular weight excluding hydrogens is 388 g/mol. The molecular formula is C21H24N4O3S. The number of aromatic nitrogens is 2. The molecule has 0 aliphatic rings. The molecule has 1 unspecified atom stereocenters. The summed E-state index contributed by atoms with van der Waals surface area (Å²) in [6.07, 6.45) is 5.14. The Labute approximate surface area is 173 Å². The fourth-order valence-corrected chi connectivity index (χ4v) is 3.57. The quantitative estimate of drug-likeness (QED) is 0.555. The Kier molecular flexibility index (Phi) is 6.77. The predicted octanol–water partition coefficient (Wildman–Crippen LogP) is 3.00. The van der Waals surface area contributed by atoms with Crippen LogP contribution < -0.4 is 10.6 Å². The van der Waals surface area contributed by atoms with Crippen molar-refractivity contribution in [2.45, 2.75) is 38.5 Å². The molecule has 0 fully saturated rings. The molecule has 152 valence electrons. The van der Waals surface area contributed by atoms with E-state index in [1.165, 1.54) is 22.9 Å². The maximum absolute atomic E-state index is 12.3. The number of hydrogen-bond acceptors (Lipinski definition) is 5. The lowest BCUT2D eigenvalue weighted by Gasteiger charge is -2.14. The highest BCUT2D eigenvalue weighted by Crippen LogP contribution is 2.24. The van der Waals surface area contributed by atoms with E-state index in [-0.39, 0.29) is 24.1 Å². The maximum atomic E-state index is 12.3. The number of amides is 2. The van der Waals surface area contributed by atoms with Gasteiger partial charge in [0, 0.05) is 12.4 Å².